The highest BCUT2D eigenvalue weighted by Crippen LogP contribution is 2.32. The number of ether oxygens (including phenoxy) is 1. The molecule has 0 aromatic heterocycles. The molecule has 6 heteroatoms. The molecule has 0 aliphatic heterocycles. The summed E-state index contributed by atoms with van der Waals surface area (Å²) in [6.07, 6.45) is 2.67. The van der Waals surface area contributed by atoms with Gasteiger partial charge in [0.1, 0.15) is 0 Å². The van der Waals surface area contributed by atoms with Gasteiger partial charge in [-0.25, -0.2) is 0 Å². The summed E-state index contributed by atoms with van der Waals surface area (Å²) in [5.74, 6) is 0.462. The molecular formula is C13H25N3O3. The lowest BCUT2D eigenvalue weighted by Gasteiger charge is -2.34. The maximum absolute atomic E-state index is 11.9. The lowest BCUT2D eigenvalue weighted by atomic mass is 9.80. The molecule has 19 heavy (non-hydrogen) atoms. The van der Waals surface area contributed by atoms with Crippen LogP contribution in [0.15, 0.2) is 5.16 Å². The number of nitrogens with one attached hydrogen (secondary N) is 1. The fourth-order valence-electron chi connectivity index (χ4n) is 2.35. The molecule has 1 aliphatic carbocycles. The topological polar surface area (TPSA) is 96.9 Å². The second-order valence-electron chi connectivity index (χ2n) is 5.43. The Morgan fingerprint density at radius 2 is 2.16 bits per heavy atom. The summed E-state index contributed by atoms with van der Waals surface area (Å²) in [6.45, 7) is 6.53. The first-order chi connectivity index (χ1) is 8.97. The first-order valence-electron chi connectivity index (χ1n) is 6.86. The van der Waals surface area contributed by atoms with E-state index in [0.717, 1.165) is 19.4 Å². The van der Waals surface area contributed by atoms with E-state index in [1.54, 1.807) is 0 Å². The molecule has 0 radical (unpaired) electrons. The summed E-state index contributed by atoms with van der Waals surface area (Å²) >= 11 is 0. The van der Waals surface area contributed by atoms with Crippen molar-refractivity contribution in [1.29, 1.82) is 0 Å². The van der Waals surface area contributed by atoms with E-state index in [1.807, 2.05) is 20.8 Å². The van der Waals surface area contributed by atoms with Gasteiger partial charge in [0.2, 0.25) is 5.91 Å². The van der Waals surface area contributed by atoms with Gasteiger partial charge in [0.25, 0.3) is 0 Å². The summed E-state index contributed by atoms with van der Waals surface area (Å²) < 4.78 is 5.46. The van der Waals surface area contributed by atoms with E-state index in [4.69, 9.17) is 15.7 Å². The van der Waals surface area contributed by atoms with Crippen LogP contribution in [0.1, 0.15) is 40.0 Å². The van der Waals surface area contributed by atoms with Crippen LogP contribution in [0, 0.1) is 11.8 Å². The van der Waals surface area contributed by atoms with Crippen LogP contribution in [0.25, 0.3) is 0 Å². The van der Waals surface area contributed by atoms with Crippen molar-refractivity contribution in [1.82, 2.24) is 5.32 Å². The molecule has 0 bridgehead atoms. The molecule has 0 aromatic carbocycles. The number of hydrogen-bond donors (Lipinski definition) is 3. The summed E-state index contributed by atoms with van der Waals surface area (Å²) in [5, 5.41) is 14.5. The number of oxime groups is 1. The molecule has 1 amide bonds. The van der Waals surface area contributed by atoms with Gasteiger partial charge in [0.15, 0.2) is 5.84 Å². The first-order valence-corrected chi connectivity index (χ1v) is 6.86. The van der Waals surface area contributed by atoms with E-state index in [1.165, 1.54) is 0 Å². The van der Waals surface area contributed by atoms with Gasteiger partial charge in [-0.15, -0.1) is 0 Å². The van der Waals surface area contributed by atoms with Crippen molar-refractivity contribution in [3.05, 3.63) is 0 Å². The van der Waals surface area contributed by atoms with Crippen LogP contribution in [-0.4, -0.2) is 35.7 Å². The lowest BCUT2D eigenvalue weighted by molar-refractivity contribution is -0.124. The van der Waals surface area contributed by atoms with Gasteiger partial charge in [-0.2, -0.15) is 0 Å². The zero-order valence-electron chi connectivity index (χ0n) is 11.9. The Labute approximate surface area is 114 Å². The van der Waals surface area contributed by atoms with Crippen molar-refractivity contribution in [3.8, 4) is 0 Å². The number of amidine groups is 1. The number of carbonyl (C=O) groups is 1. The average Bonchev–Trinajstić information content (AvgIpc) is 2.32. The fourth-order valence-corrected chi connectivity index (χ4v) is 2.35. The predicted molar refractivity (Wildman–Crippen MR) is 72.9 cm³/mol. The number of nitrogens with zero attached hydrogens (tertiary/aromatic N) is 1. The smallest absolute Gasteiger partial charge is 0.220 e. The largest absolute Gasteiger partial charge is 0.409 e. The molecule has 1 rings (SSSR count). The van der Waals surface area contributed by atoms with Crippen LogP contribution < -0.4 is 11.1 Å². The van der Waals surface area contributed by atoms with E-state index in [2.05, 4.69) is 10.5 Å². The van der Waals surface area contributed by atoms with Crippen LogP contribution in [-0.2, 0) is 9.53 Å². The van der Waals surface area contributed by atoms with Gasteiger partial charge < -0.3 is 21.0 Å². The number of nitrogens with two attached hydrogens (primary N) is 1. The Hall–Kier alpha value is -1.30. The number of hydrogen-bond acceptors (Lipinski definition) is 4. The molecule has 6 nitrogen and oxygen atoms in total. The van der Waals surface area contributed by atoms with E-state index in [0.29, 0.717) is 18.4 Å². The Bertz CT molecular complexity index is 325. The van der Waals surface area contributed by atoms with E-state index in [9.17, 15) is 4.79 Å². The van der Waals surface area contributed by atoms with Crippen LogP contribution in [0.4, 0.5) is 0 Å². The zero-order chi connectivity index (χ0) is 14.4. The summed E-state index contributed by atoms with van der Waals surface area (Å²) in [4.78, 5) is 11.9. The molecule has 0 heterocycles. The van der Waals surface area contributed by atoms with Crippen LogP contribution >= 0.6 is 0 Å². The minimum absolute atomic E-state index is 0.0455. The minimum atomic E-state index is -0.416. The standard InChI is InChI=1S/C13H25N3O3/c1-4-19-10-5-9(6-10)7-11(17)15-12(8(2)3)13(14)16-18/h8-10,12,18H,4-7H2,1-3H3,(H2,14,16)(H,15,17). The van der Waals surface area contributed by atoms with Gasteiger partial charge in [-0.1, -0.05) is 19.0 Å². The van der Waals surface area contributed by atoms with Crippen molar-refractivity contribution in [2.75, 3.05) is 6.61 Å². The van der Waals surface area contributed by atoms with Crippen molar-refractivity contribution in [3.63, 3.8) is 0 Å². The van der Waals surface area contributed by atoms with Crippen molar-refractivity contribution in [2.24, 2.45) is 22.7 Å². The monoisotopic (exact) mass is 271 g/mol. The van der Waals surface area contributed by atoms with Gasteiger partial charge in [0.05, 0.1) is 12.1 Å². The highest BCUT2D eigenvalue weighted by atomic mass is 16.5. The molecule has 1 atom stereocenters. The SMILES string of the molecule is CCOC1CC(CC(=O)NC(C(N)=NO)C(C)C)C1. The third kappa shape index (κ3) is 4.70. The Morgan fingerprint density at radius 1 is 1.53 bits per heavy atom. The fraction of sp³-hybridized carbons (Fsp3) is 0.846. The molecule has 1 saturated carbocycles. The first kappa shape index (κ1) is 15.8. The third-order valence-corrected chi connectivity index (χ3v) is 3.49. The van der Waals surface area contributed by atoms with Crippen molar-refractivity contribution in [2.45, 2.75) is 52.2 Å². The van der Waals surface area contributed by atoms with Crippen molar-refractivity contribution >= 4 is 11.7 Å². The minimum Gasteiger partial charge on any atom is -0.409 e. The maximum Gasteiger partial charge on any atom is 0.220 e. The van der Waals surface area contributed by atoms with E-state index < -0.39 is 6.04 Å². The van der Waals surface area contributed by atoms with Crippen LogP contribution in [0.3, 0.4) is 0 Å². The third-order valence-electron chi connectivity index (χ3n) is 3.49. The zero-order valence-corrected chi connectivity index (χ0v) is 11.9. The number of carbonyl (C=O) groups excluding carboxylic acids is 1. The molecular weight excluding hydrogens is 246 g/mol. The highest BCUT2D eigenvalue weighted by Gasteiger charge is 2.32. The Balaban J connectivity index is 2.34. The Kier molecular flexibility index (Phi) is 6.08. The Morgan fingerprint density at radius 3 is 2.63 bits per heavy atom. The van der Waals surface area contributed by atoms with Crippen LogP contribution in [0.5, 0.6) is 0 Å². The van der Waals surface area contributed by atoms with Crippen molar-refractivity contribution < 1.29 is 14.7 Å². The molecule has 0 saturated heterocycles. The molecule has 110 valence electrons. The maximum atomic E-state index is 11.9. The molecule has 0 spiro atoms. The molecule has 4 N–H and O–H groups in total. The average molecular weight is 271 g/mol. The molecule has 1 aliphatic rings. The van der Waals surface area contributed by atoms with Gasteiger partial charge in [0, 0.05) is 13.0 Å². The second kappa shape index (κ2) is 7.33. The molecule has 1 unspecified atom stereocenters. The van der Waals surface area contributed by atoms with E-state index in [-0.39, 0.29) is 17.7 Å². The van der Waals surface area contributed by atoms with E-state index >= 15 is 0 Å². The summed E-state index contributed by atoms with van der Waals surface area (Å²) in [5.41, 5.74) is 5.57. The predicted octanol–water partition coefficient (Wildman–Crippen LogP) is 1.08. The lowest BCUT2D eigenvalue weighted by Crippen LogP contribution is -2.48. The highest BCUT2D eigenvalue weighted by molar-refractivity contribution is 5.90. The van der Waals surface area contributed by atoms with Gasteiger partial charge in [-0.3, -0.25) is 4.79 Å². The second-order valence-corrected chi connectivity index (χ2v) is 5.43. The summed E-state index contributed by atoms with van der Waals surface area (Å²) in [7, 11) is 0. The number of rotatable bonds is 7. The summed E-state index contributed by atoms with van der Waals surface area (Å²) in [6, 6.07) is -0.416. The van der Waals surface area contributed by atoms with Gasteiger partial charge in [-0.05, 0) is 31.6 Å². The molecule has 0 aromatic rings. The van der Waals surface area contributed by atoms with Gasteiger partial charge >= 0.3 is 0 Å². The quantitative estimate of drug-likeness (QED) is 0.279. The molecule has 1 fully saturated rings. The number of amides is 1. The van der Waals surface area contributed by atoms with Crippen LogP contribution in [0.2, 0.25) is 0 Å². The normalized spacial score (nSPS) is 24.9.